The van der Waals surface area contributed by atoms with E-state index < -0.39 is 0 Å². The summed E-state index contributed by atoms with van der Waals surface area (Å²) in [5.74, 6) is -0.272. The number of anilines is 1. The van der Waals surface area contributed by atoms with Crippen LogP contribution in [-0.4, -0.2) is 22.9 Å². The van der Waals surface area contributed by atoms with Crippen molar-refractivity contribution in [2.75, 3.05) is 12.8 Å². The van der Waals surface area contributed by atoms with Crippen LogP contribution in [0.2, 0.25) is 10.0 Å². The molecule has 0 atom stereocenters. The molecule has 4 N–H and O–H groups in total. The van der Waals surface area contributed by atoms with Gasteiger partial charge in [0.05, 0.1) is 11.9 Å². The Labute approximate surface area is 173 Å². The summed E-state index contributed by atoms with van der Waals surface area (Å²) in [5, 5.41) is 7.10. The number of nitrogens with two attached hydrogens (primary N) is 1. The second kappa shape index (κ2) is 9.01. The summed E-state index contributed by atoms with van der Waals surface area (Å²) < 4.78 is 0. The molecule has 0 unspecified atom stereocenters. The number of nitrogens with zero attached hydrogens (tertiary/aromatic N) is 2. The molecule has 1 amide bonds. The first kappa shape index (κ1) is 20.1. The average molecular weight is 416 g/mol. The van der Waals surface area contributed by atoms with E-state index in [2.05, 4.69) is 20.6 Å². The standard InChI is InChI=1S/C20H19Cl2N5O/c1-24-20(28)18-19(23)26-11-17(27-18)14-4-2-3-12(5-14)9-25-10-13-6-15(21)8-16(22)7-13/h2-8,11,25H,9-10H2,1H3,(H2,23,26)(H,24,28). The predicted octanol–water partition coefficient (Wildman–Crippen LogP) is 3.68. The molecule has 1 aromatic heterocycles. The number of nitrogen functional groups attached to an aromatic ring is 1. The maximum absolute atomic E-state index is 11.9. The Hall–Kier alpha value is -2.67. The van der Waals surface area contributed by atoms with E-state index in [0.717, 1.165) is 16.7 Å². The monoisotopic (exact) mass is 415 g/mol. The van der Waals surface area contributed by atoms with Crippen molar-refractivity contribution in [3.63, 3.8) is 0 Å². The van der Waals surface area contributed by atoms with Gasteiger partial charge in [0.2, 0.25) is 0 Å². The van der Waals surface area contributed by atoms with Crippen molar-refractivity contribution in [1.82, 2.24) is 20.6 Å². The summed E-state index contributed by atoms with van der Waals surface area (Å²) in [6.45, 7) is 1.27. The Kier molecular flexibility index (Phi) is 6.46. The lowest BCUT2D eigenvalue weighted by molar-refractivity contribution is 0.0959. The van der Waals surface area contributed by atoms with E-state index in [1.165, 1.54) is 7.05 Å². The van der Waals surface area contributed by atoms with E-state index in [-0.39, 0.29) is 17.4 Å². The van der Waals surface area contributed by atoms with E-state index in [9.17, 15) is 4.79 Å². The molecule has 0 aliphatic rings. The maximum atomic E-state index is 11.9. The topological polar surface area (TPSA) is 92.9 Å². The first-order valence-electron chi connectivity index (χ1n) is 8.56. The van der Waals surface area contributed by atoms with Gasteiger partial charge in [-0.05, 0) is 35.4 Å². The zero-order valence-electron chi connectivity index (χ0n) is 15.2. The van der Waals surface area contributed by atoms with Crippen LogP contribution in [0.4, 0.5) is 5.82 Å². The summed E-state index contributed by atoms with van der Waals surface area (Å²) in [6.07, 6.45) is 1.56. The van der Waals surface area contributed by atoms with Gasteiger partial charge in [0, 0.05) is 35.7 Å². The molecule has 6 nitrogen and oxygen atoms in total. The molecule has 0 saturated heterocycles. The minimum atomic E-state index is -0.371. The normalized spacial score (nSPS) is 10.7. The molecule has 2 aromatic carbocycles. The Morgan fingerprint density at radius 3 is 2.50 bits per heavy atom. The molecule has 8 heteroatoms. The second-order valence-corrected chi connectivity index (χ2v) is 7.02. The largest absolute Gasteiger partial charge is 0.382 e. The third kappa shape index (κ3) is 4.98. The van der Waals surface area contributed by atoms with Crippen LogP contribution in [0.3, 0.4) is 0 Å². The lowest BCUT2D eigenvalue weighted by Gasteiger charge is -2.09. The molecule has 0 saturated carbocycles. The van der Waals surface area contributed by atoms with Gasteiger partial charge in [-0.15, -0.1) is 0 Å². The zero-order valence-corrected chi connectivity index (χ0v) is 16.7. The van der Waals surface area contributed by atoms with E-state index in [0.29, 0.717) is 28.8 Å². The lowest BCUT2D eigenvalue weighted by Crippen LogP contribution is -2.21. The number of nitrogens with one attached hydrogen (secondary N) is 2. The van der Waals surface area contributed by atoms with Gasteiger partial charge in [0.1, 0.15) is 0 Å². The van der Waals surface area contributed by atoms with Crippen molar-refractivity contribution in [3.05, 3.63) is 75.5 Å². The molecule has 144 valence electrons. The molecule has 0 spiro atoms. The van der Waals surface area contributed by atoms with Gasteiger partial charge in [-0.2, -0.15) is 0 Å². The number of carbonyl (C=O) groups excluding carboxylic acids is 1. The van der Waals surface area contributed by atoms with Gasteiger partial charge >= 0.3 is 0 Å². The number of rotatable bonds is 6. The Balaban J connectivity index is 1.73. The second-order valence-electron chi connectivity index (χ2n) is 6.15. The van der Waals surface area contributed by atoms with Crippen LogP contribution in [0.25, 0.3) is 11.3 Å². The van der Waals surface area contributed by atoms with Gasteiger partial charge in [-0.25, -0.2) is 9.97 Å². The molecule has 0 bridgehead atoms. The lowest BCUT2D eigenvalue weighted by atomic mass is 10.1. The van der Waals surface area contributed by atoms with E-state index in [4.69, 9.17) is 28.9 Å². The van der Waals surface area contributed by atoms with Crippen LogP contribution in [-0.2, 0) is 13.1 Å². The number of halogens is 2. The summed E-state index contributed by atoms with van der Waals surface area (Å²) in [6, 6.07) is 13.3. The highest BCUT2D eigenvalue weighted by Crippen LogP contribution is 2.21. The number of benzene rings is 2. The SMILES string of the molecule is CNC(=O)c1nc(-c2cccc(CNCc3cc(Cl)cc(Cl)c3)c2)cnc1N. The highest BCUT2D eigenvalue weighted by molar-refractivity contribution is 6.34. The molecule has 3 aromatic rings. The third-order valence-corrected chi connectivity index (χ3v) is 4.48. The minimum Gasteiger partial charge on any atom is -0.382 e. The van der Waals surface area contributed by atoms with Crippen molar-refractivity contribution in [2.45, 2.75) is 13.1 Å². The predicted molar refractivity (Wildman–Crippen MR) is 112 cm³/mol. The maximum Gasteiger partial charge on any atom is 0.273 e. The van der Waals surface area contributed by atoms with Crippen LogP contribution in [0, 0.1) is 0 Å². The van der Waals surface area contributed by atoms with E-state index in [1.54, 1.807) is 12.3 Å². The van der Waals surface area contributed by atoms with Crippen molar-refractivity contribution >= 4 is 34.9 Å². The molecule has 1 heterocycles. The van der Waals surface area contributed by atoms with Crippen molar-refractivity contribution < 1.29 is 4.79 Å². The fourth-order valence-electron chi connectivity index (χ4n) is 2.73. The van der Waals surface area contributed by atoms with Crippen molar-refractivity contribution in [2.24, 2.45) is 0 Å². The van der Waals surface area contributed by atoms with Crippen LogP contribution in [0.15, 0.2) is 48.7 Å². The van der Waals surface area contributed by atoms with Crippen LogP contribution < -0.4 is 16.4 Å². The summed E-state index contributed by atoms with van der Waals surface area (Å²) in [5.41, 5.74) is 9.36. The molecule has 0 aliphatic carbocycles. The molecule has 3 rings (SSSR count). The van der Waals surface area contributed by atoms with E-state index in [1.807, 2.05) is 36.4 Å². The quantitative estimate of drug-likeness (QED) is 0.570. The number of hydrogen-bond acceptors (Lipinski definition) is 5. The molecular formula is C20H19Cl2N5O. The number of amides is 1. The van der Waals surface area contributed by atoms with Crippen LogP contribution in [0.5, 0.6) is 0 Å². The van der Waals surface area contributed by atoms with Gasteiger partial charge in [-0.1, -0.05) is 41.4 Å². The third-order valence-electron chi connectivity index (χ3n) is 4.05. The average Bonchev–Trinajstić information content (AvgIpc) is 2.67. The van der Waals surface area contributed by atoms with Crippen LogP contribution in [0.1, 0.15) is 21.6 Å². The number of aromatic nitrogens is 2. The van der Waals surface area contributed by atoms with Crippen molar-refractivity contribution in [3.8, 4) is 11.3 Å². The molecule has 0 radical (unpaired) electrons. The Bertz CT molecular complexity index is 989. The first-order valence-corrected chi connectivity index (χ1v) is 9.31. The fourth-order valence-corrected chi connectivity index (χ4v) is 3.30. The highest BCUT2D eigenvalue weighted by Gasteiger charge is 2.13. The van der Waals surface area contributed by atoms with Gasteiger partial charge in [0.25, 0.3) is 5.91 Å². The first-order chi connectivity index (χ1) is 13.5. The van der Waals surface area contributed by atoms with Gasteiger partial charge in [0.15, 0.2) is 11.5 Å². The summed E-state index contributed by atoms with van der Waals surface area (Å²) in [4.78, 5) is 20.3. The highest BCUT2D eigenvalue weighted by atomic mass is 35.5. The Morgan fingerprint density at radius 2 is 1.79 bits per heavy atom. The smallest absolute Gasteiger partial charge is 0.273 e. The van der Waals surface area contributed by atoms with Crippen LogP contribution >= 0.6 is 23.2 Å². The van der Waals surface area contributed by atoms with Gasteiger partial charge in [-0.3, -0.25) is 4.79 Å². The Morgan fingerprint density at radius 1 is 1.07 bits per heavy atom. The molecule has 0 aliphatic heterocycles. The summed E-state index contributed by atoms with van der Waals surface area (Å²) >= 11 is 12.1. The van der Waals surface area contributed by atoms with Crippen molar-refractivity contribution in [1.29, 1.82) is 0 Å². The van der Waals surface area contributed by atoms with E-state index >= 15 is 0 Å². The molecule has 28 heavy (non-hydrogen) atoms. The number of hydrogen-bond donors (Lipinski definition) is 3. The number of carbonyl (C=O) groups is 1. The fraction of sp³-hybridized carbons (Fsp3) is 0.150. The van der Waals surface area contributed by atoms with Gasteiger partial charge < -0.3 is 16.4 Å². The molecular weight excluding hydrogens is 397 g/mol. The zero-order chi connectivity index (χ0) is 20.1. The molecule has 0 fully saturated rings. The summed E-state index contributed by atoms with van der Waals surface area (Å²) in [7, 11) is 1.52. The minimum absolute atomic E-state index is 0.0982.